The van der Waals surface area contributed by atoms with Crippen molar-refractivity contribution < 1.29 is 31.1 Å². The van der Waals surface area contributed by atoms with Crippen LogP contribution in [0.25, 0.3) is 10.2 Å². The first-order valence-electron chi connectivity index (χ1n) is 7.26. The summed E-state index contributed by atoms with van der Waals surface area (Å²) in [4.78, 5) is 12.1. The number of pyridine rings is 1. The van der Waals surface area contributed by atoms with Gasteiger partial charge in [-0.2, -0.15) is 18.2 Å². The highest BCUT2D eigenvalue weighted by atomic mass is 79.9. The summed E-state index contributed by atoms with van der Waals surface area (Å²) < 4.78 is 74.3. The first-order chi connectivity index (χ1) is 13.1. The molecule has 14 heteroatoms. The molecular weight excluding hydrogens is 489 g/mol. The number of nitrogens with zero attached hydrogens (tertiary/aromatic N) is 3. The molecule has 0 aliphatic carbocycles. The highest BCUT2D eigenvalue weighted by Crippen LogP contribution is 2.31. The van der Waals surface area contributed by atoms with E-state index in [1.165, 1.54) is 5.38 Å². The smallest absolute Gasteiger partial charge is 0.422 e. The number of ether oxygens (including phenoxy) is 2. The summed E-state index contributed by atoms with van der Waals surface area (Å²) in [5.74, 6) is -1.11. The van der Waals surface area contributed by atoms with Crippen LogP contribution in [0.15, 0.2) is 33.2 Å². The SMILES string of the molecule is COc1nc(NS(=O)(=O)c2csc3nc(Br)ccc23)ncc1OCC(F)(F)F. The van der Waals surface area contributed by atoms with Gasteiger partial charge in [0.15, 0.2) is 12.4 Å². The Morgan fingerprint density at radius 1 is 1.29 bits per heavy atom. The van der Waals surface area contributed by atoms with E-state index in [4.69, 9.17) is 4.74 Å². The number of nitrogens with one attached hydrogen (secondary N) is 1. The van der Waals surface area contributed by atoms with Gasteiger partial charge in [-0.3, -0.25) is 0 Å². The summed E-state index contributed by atoms with van der Waals surface area (Å²) in [5, 5.41) is 1.81. The molecule has 0 saturated heterocycles. The molecule has 28 heavy (non-hydrogen) atoms. The molecule has 0 spiro atoms. The molecule has 0 atom stereocenters. The second-order valence-electron chi connectivity index (χ2n) is 5.16. The standard InChI is InChI=1S/C14H10BrF3N4O4S2/c1-25-11-8(26-6-14(16,17)18)4-19-13(21-11)22-28(23,24)9-5-27-12-7(9)2-3-10(15)20-12/h2-5H,6H2,1H3,(H,19,21,22). The lowest BCUT2D eigenvalue weighted by atomic mass is 10.3. The van der Waals surface area contributed by atoms with Gasteiger partial charge >= 0.3 is 6.18 Å². The summed E-state index contributed by atoms with van der Waals surface area (Å²) in [6, 6.07) is 3.19. The highest BCUT2D eigenvalue weighted by molar-refractivity contribution is 9.10. The van der Waals surface area contributed by atoms with Crippen LogP contribution in [0, 0.1) is 0 Å². The fourth-order valence-electron chi connectivity index (χ4n) is 2.06. The maximum atomic E-state index is 12.7. The van der Waals surface area contributed by atoms with Gasteiger partial charge < -0.3 is 9.47 Å². The van der Waals surface area contributed by atoms with E-state index in [0.717, 1.165) is 24.6 Å². The van der Waals surface area contributed by atoms with Gasteiger partial charge in [-0.25, -0.2) is 23.1 Å². The minimum absolute atomic E-state index is 0.0348. The molecule has 3 heterocycles. The van der Waals surface area contributed by atoms with Crippen molar-refractivity contribution in [2.24, 2.45) is 0 Å². The highest BCUT2D eigenvalue weighted by Gasteiger charge is 2.29. The average molecular weight is 499 g/mol. The minimum atomic E-state index is -4.56. The van der Waals surface area contributed by atoms with Gasteiger partial charge in [0.2, 0.25) is 5.95 Å². The third-order valence-corrected chi connectivity index (χ3v) is 6.04. The summed E-state index contributed by atoms with van der Waals surface area (Å²) >= 11 is 4.34. The van der Waals surface area contributed by atoms with Gasteiger partial charge in [0.05, 0.1) is 13.3 Å². The molecule has 0 saturated carbocycles. The van der Waals surface area contributed by atoms with Gasteiger partial charge in [-0.15, -0.1) is 11.3 Å². The Kier molecular flexibility index (Phi) is 5.63. The molecule has 8 nitrogen and oxygen atoms in total. The van der Waals surface area contributed by atoms with E-state index in [1.54, 1.807) is 12.1 Å². The molecule has 0 unspecified atom stereocenters. The van der Waals surface area contributed by atoms with E-state index in [9.17, 15) is 21.6 Å². The van der Waals surface area contributed by atoms with Crippen LogP contribution in [0.4, 0.5) is 19.1 Å². The molecule has 3 aromatic heterocycles. The predicted molar refractivity (Wildman–Crippen MR) is 98.3 cm³/mol. The topological polar surface area (TPSA) is 103 Å². The van der Waals surface area contributed by atoms with Crippen molar-refractivity contribution >= 4 is 53.5 Å². The number of anilines is 1. The lowest BCUT2D eigenvalue weighted by Crippen LogP contribution is -2.20. The van der Waals surface area contributed by atoms with Gasteiger partial charge in [-0.1, -0.05) is 0 Å². The van der Waals surface area contributed by atoms with E-state index in [0.29, 0.717) is 14.8 Å². The fraction of sp³-hybridized carbons (Fsp3) is 0.214. The zero-order valence-corrected chi connectivity index (χ0v) is 17.0. The molecule has 1 N–H and O–H groups in total. The molecule has 0 fully saturated rings. The van der Waals surface area contributed by atoms with Crippen LogP contribution in [-0.2, 0) is 10.0 Å². The lowest BCUT2D eigenvalue weighted by Gasteiger charge is -2.12. The van der Waals surface area contributed by atoms with Gasteiger partial charge in [0.1, 0.15) is 14.3 Å². The number of methoxy groups -OCH3 is 1. The van der Waals surface area contributed by atoms with Crippen LogP contribution in [-0.4, -0.2) is 43.3 Å². The second-order valence-corrected chi connectivity index (χ2v) is 8.48. The number of fused-ring (bicyclic) bond motifs is 1. The van der Waals surface area contributed by atoms with Crippen molar-refractivity contribution in [3.63, 3.8) is 0 Å². The number of hydrogen-bond acceptors (Lipinski definition) is 8. The fourth-order valence-corrected chi connectivity index (χ4v) is 4.91. The molecule has 0 radical (unpaired) electrons. The molecule has 3 rings (SSSR count). The summed E-state index contributed by atoms with van der Waals surface area (Å²) in [5.41, 5.74) is 0. The molecule has 0 aliphatic rings. The first kappa shape index (κ1) is 20.5. The number of rotatable bonds is 6. The predicted octanol–water partition coefficient (Wildman–Crippen LogP) is 3.60. The van der Waals surface area contributed by atoms with E-state index in [2.05, 4.69) is 40.3 Å². The molecule has 0 aliphatic heterocycles. The van der Waals surface area contributed by atoms with Crippen LogP contribution >= 0.6 is 27.3 Å². The minimum Gasteiger partial charge on any atom is -0.478 e. The van der Waals surface area contributed by atoms with E-state index < -0.39 is 22.8 Å². The Morgan fingerprint density at radius 3 is 2.71 bits per heavy atom. The third-order valence-electron chi connectivity index (χ3n) is 3.19. The molecule has 150 valence electrons. The molecule has 0 bridgehead atoms. The zero-order chi connectivity index (χ0) is 20.5. The number of sulfonamides is 1. The van der Waals surface area contributed by atoms with Crippen molar-refractivity contribution in [1.82, 2.24) is 15.0 Å². The number of alkyl halides is 3. The quantitative estimate of drug-likeness (QED) is 0.517. The van der Waals surface area contributed by atoms with E-state index >= 15 is 0 Å². The Hall–Kier alpha value is -2.19. The second kappa shape index (κ2) is 7.67. The summed E-state index contributed by atoms with van der Waals surface area (Å²) in [6.07, 6.45) is -3.67. The lowest BCUT2D eigenvalue weighted by molar-refractivity contribution is -0.153. The maximum Gasteiger partial charge on any atom is 0.422 e. The zero-order valence-electron chi connectivity index (χ0n) is 13.8. The van der Waals surface area contributed by atoms with Crippen LogP contribution < -0.4 is 14.2 Å². The first-order valence-corrected chi connectivity index (χ1v) is 10.4. The Morgan fingerprint density at radius 2 is 2.04 bits per heavy atom. The normalized spacial score (nSPS) is 12.2. The van der Waals surface area contributed by atoms with Gasteiger partial charge in [0.25, 0.3) is 15.9 Å². The van der Waals surface area contributed by atoms with E-state index in [-0.39, 0.29) is 22.5 Å². The van der Waals surface area contributed by atoms with Crippen molar-refractivity contribution in [3.05, 3.63) is 28.3 Å². The molecule has 0 aromatic carbocycles. The summed E-state index contributed by atoms with van der Waals surface area (Å²) in [6.45, 7) is -1.57. The largest absolute Gasteiger partial charge is 0.478 e. The van der Waals surface area contributed by atoms with Gasteiger partial charge in [-0.05, 0) is 28.1 Å². The maximum absolute atomic E-state index is 12.7. The average Bonchev–Trinajstić information content (AvgIpc) is 3.03. The van der Waals surface area contributed by atoms with Crippen LogP contribution in [0.3, 0.4) is 0 Å². The Balaban J connectivity index is 1.87. The number of hydrogen-bond donors (Lipinski definition) is 1. The number of thiophene rings is 1. The van der Waals surface area contributed by atoms with Crippen molar-refractivity contribution in [1.29, 1.82) is 0 Å². The van der Waals surface area contributed by atoms with Crippen LogP contribution in [0.1, 0.15) is 0 Å². The monoisotopic (exact) mass is 498 g/mol. The van der Waals surface area contributed by atoms with Crippen molar-refractivity contribution in [2.45, 2.75) is 11.1 Å². The van der Waals surface area contributed by atoms with Gasteiger partial charge in [0, 0.05) is 10.8 Å². The van der Waals surface area contributed by atoms with E-state index in [1.807, 2.05) is 0 Å². The van der Waals surface area contributed by atoms with Crippen LogP contribution in [0.5, 0.6) is 11.6 Å². The summed E-state index contributed by atoms with van der Waals surface area (Å²) in [7, 11) is -2.93. The molecule has 3 aromatic rings. The Bertz CT molecular complexity index is 1120. The molecule has 0 amide bonds. The molecular formula is C14H10BrF3N4O4S2. The third kappa shape index (κ3) is 4.62. The van der Waals surface area contributed by atoms with Crippen molar-refractivity contribution in [3.8, 4) is 11.6 Å². The number of aromatic nitrogens is 3. The van der Waals surface area contributed by atoms with Crippen LogP contribution in [0.2, 0.25) is 0 Å². The number of halogens is 4. The Labute approximate surface area is 168 Å². The van der Waals surface area contributed by atoms with Crippen molar-refractivity contribution in [2.75, 3.05) is 18.4 Å².